The molecule has 134 valence electrons. The Morgan fingerprint density at radius 3 is 2.54 bits per heavy atom. The van der Waals surface area contributed by atoms with Crippen molar-refractivity contribution in [1.29, 1.82) is 0 Å². The molecule has 0 aliphatic carbocycles. The van der Waals surface area contributed by atoms with Crippen LogP contribution in [0.1, 0.15) is 28.8 Å². The van der Waals surface area contributed by atoms with Crippen molar-refractivity contribution in [2.75, 3.05) is 33.4 Å². The number of nitrogens with zero attached hydrogens (tertiary/aromatic N) is 2. The van der Waals surface area contributed by atoms with Crippen LogP contribution in [0.5, 0.6) is 0 Å². The van der Waals surface area contributed by atoms with Gasteiger partial charge < -0.3 is 15.5 Å². The van der Waals surface area contributed by atoms with E-state index in [1.54, 1.807) is 26.0 Å². The molecule has 5 nitrogen and oxygen atoms in total. The third-order valence-electron chi connectivity index (χ3n) is 3.81. The number of halogens is 1. The van der Waals surface area contributed by atoms with Gasteiger partial charge in [0.15, 0.2) is 5.96 Å². The molecule has 2 rings (SSSR count). The highest BCUT2D eigenvalue weighted by Crippen LogP contribution is 2.25. The van der Waals surface area contributed by atoms with Gasteiger partial charge in [-0.1, -0.05) is 12.1 Å². The van der Waals surface area contributed by atoms with Crippen LogP contribution < -0.4 is 10.6 Å². The molecule has 1 amide bonds. The van der Waals surface area contributed by atoms with Gasteiger partial charge in [-0.05, 0) is 36.3 Å². The number of aliphatic imine (C=N–C) groups is 1. The number of benzene rings is 1. The highest BCUT2D eigenvalue weighted by Gasteiger charge is 2.15. The number of rotatable bonds is 5. The molecule has 1 unspecified atom stereocenters. The van der Waals surface area contributed by atoms with Crippen LogP contribution in [0, 0.1) is 0 Å². The molecule has 2 N–H and O–H groups in total. The number of carbonyl (C=O) groups excluding carboxylic acids is 1. The summed E-state index contributed by atoms with van der Waals surface area (Å²) in [6.07, 6.45) is 2.61. The fraction of sp³-hybridized carbons (Fsp3) is 0.529. The Labute approximate surface area is 166 Å². The van der Waals surface area contributed by atoms with Crippen molar-refractivity contribution in [2.24, 2.45) is 4.99 Å². The van der Waals surface area contributed by atoms with Gasteiger partial charge in [0.25, 0.3) is 5.91 Å². The molecule has 1 heterocycles. The van der Waals surface area contributed by atoms with Gasteiger partial charge in [-0.3, -0.25) is 9.79 Å². The first-order chi connectivity index (χ1) is 11.1. The van der Waals surface area contributed by atoms with Gasteiger partial charge in [-0.2, -0.15) is 11.8 Å². The van der Waals surface area contributed by atoms with Crippen molar-refractivity contribution < 1.29 is 4.79 Å². The van der Waals surface area contributed by atoms with E-state index in [4.69, 9.17) is 0 Å². The molecule has 0 spiro atoms. The van der Waals surface area contributed by atoms with Gasteiger partial charge in [0.1, 0.15) is 0 Å². The van der Waals surface area contributed by atoms with E-state index in [0.29, 0.717) is 17.4 Å². The third kappa shape index (κ3) is 6.51. The minimum Gasteiger partial charge on any atom is -0.355 e. The number of thioether (sulfide) groups is 1. The molecule has 1 saturated heterocycles. The van der Waals surface area contributed by atoms with Crippen molar-refractivity contribution in [2.45, 2.75) is 24.6 Å². The van der Waals surface area contributed by atoms with Crippen LogP contribution in [0.25, 0.3) is 0 Å². The molecule has 0 bridgehead atoms. The molecule has 1 aliphatic heterocycles. The first-order valence-electron chi connectivity index (χ1n) is 7.97. The Bertz CT molecular complexity index is 542. The molecule has 1 fully saturated rings. The summed E-state index contributed by atoms with van der Waals surface area (Å²) >= 11 is 2.03. The maximum absolute atomic E-state index is 11.9. The molecule has 0 radical (unpaired) electrons. The molecule has 1 aliphatic rings. The highest BCUT2D eigenvalue weighted by molar-refractivity contribution is 14.0. The fourth-order valence-electron chi connectivity index (χ4n) is 2.45. The smallest absolute Gasteiger partial charge is 0.253 e. The summed E-state index contributed by atoms with van der Waals surface area (Å²) in [5.74, 6) is 2.12. The number of carbonyl (C=O) groups is 1. The lowest BCUT2D eigenvalue weighted by atomic mass is 10.1. The number of nitrogens with one attached hydrogen (secondary N) is 2. The molecule has 24 heavy (non-hydrogen) atoms. The predicted octanol–water partition coefficient (Wildman–Crippen LogP) is 2.57. The average molecular weight is 462 g/mol. The van der Waals surface area contributed by atoms with Gasteiger partial charge in [0.2, 0.25) is 0 Å². The topological polar surface area (TPSA) is 56.7 Å². The third-order valence-corrected chi connectivity index (χ3v) is 5.21. The standard InChI is InChI=1S/C17H26N4OS.HI/c1-18-17(20-12-15-5-4-10-23-15)19-11-13-6-8-14(9-7-13)16(22)21(2)3;/h6-9,15H,4-5,10-12H2,1-3H3,(H2,18,19,20);1H. The summed E-state index contributed by atoms with van der Waals surface area (Å²) in [6.45, 7) is 1.65. The maximum atomic E-state index is 11.9. The molecule has 1 atom stereocenters. The number of hydrogen-bond acceptors (Lipinski definition) is 3. The van der Waals surface area contributed by atoms with E-state index < -0.39 is 0 Å². The van der Waals surface area contributed by atoms with Crippen LogP contribution in [0.3, 0.4) is 0 Å². The monoisotopic (exact) mass is 462 g/mol. The normalized spacial score (nSPS) is 17.1. The number of hydrogen-bond donors (Lipinski definition) is 2. The van der Waals surface area contributed by atoms with E-state index in [0.717, 1.165) is 18.1 Å². The SMILES string of the molecule is CN=C(NCc1ccc(C(=O)N(C)C)cc1)NCC1CCCS1.I. The van der Waals surface area contributed by atoms with E-state index in [1.807, 2.05) is 36.0 Å². The van der Waals surface area contributed by atoms with Crippen LogP contribution in [0.4, 0.5) is 0 Å². The van der Waals surface area contributed by atoms with Crippen molar-refractivity contribution in [3.05, 3.63) is 35.4 Å². The van der Waals surface area contributed by atoms with E-state index in [-0.39, 0.29) is 29.9 Å². The predicted molar refractivity (Wildman–Crippen MR) is 114 cm³/mol. The second-order valence-corrected chi connectivity index (χ2v) is 7.25. The maximum Gasteiger partial charge on any atom is 0.253 e. The van der Waals surface area contributed by atoms with Crippen LogP contribution >= 0.6 is 35.7 Å². The van der Waals surface area contributed by atoms with Gasteiger partial charge in [-0.25, -0.2) is 0 Å². The largest absolute Gasteiger partial charge is 0.355 e. The first kappa shape index (κ1) is 21.1. The molecule has 1 aromatic carbocycles. The molecule has 1 aromatic rings. The Balaban J connectivity index is 0.00000288. The summed E-state index contributed by atoms with van der Waals surface area (Å²) in [6, 6.07) is 7.68. The number of guanidine groups is 1. The van der Waals surface area contributed by atoms with Crippen molar-refractivity contribution in [3.63, 3.8) is 0 Å². The molecular weight excluding hydrogens is 435 g/mol. The first-order valence-corrected chi connectivity index (χ1v) is 9.01. The summed E-state index contributed by atoms with van der Waals surface area (Å²) in [5, 5.41) is 7.40. The van der Waals surface area contributed by atoms with Gasteiger partial charge in [0, 0.05) is 45.0 Å². The van der Waals surface area contributed by atoms with Crippen molar-refractivity contribution in [3.8, 4) is 0 Å². The van der Waals surface area contributed by atoms with E-state index in [2.05, 4.69) is 15.6 Å². The zero-order valence-corrected chi connectivity index (χ0v) is 17.7. The Morgan fingerprint density at radius 1 is 1.29 bits per heavy atom. The quantitative estimate of drug-likeness (QED) is 0.401. The minimum atomic E-state index is 0. The summed E-state index contributed by atoms with van der Waals surface area (Å²) < 4.78 is 0. The fourth-order valence-corrected chi connectivity index (χ4v) is 3.65. The Kier molecular flexibility index (Phi) is 9.50. The van der Waals surface area contributed by atoms with Crippen molar-refractivity contribution >= 4 is 47.6 Å². The van der Waals surface area contributed by atoms with Gasteiger partial charge in [0.05, 0.1) is 0 Å². The Hall–Kier alpha value is -0.960. The van der Waals surface area contributed by atoms with E-state index in [9.17, 15) is 4.79 Å². The second kappa shape index (κ2) is 10.8. The van der Waals surface area contributed by atoms with Crippen LogP contribution in [0.15, 0.2) is 29.3 Å². The highest BCUT2D eigenvalue weighted by atomic mass is 127. The van der Waals surface area contributed by atoms with Gasteiger partial charge in [-0.15, -0.1) is 24.0 Å². The molecule has 0 aromatic heterocycles. The van der Waals surface area contributed by atoms with Crippen LogP contribution in [-0.4, -0.2) is 55.5 Å². The average Bonchev–Trinajstić information content (AvgIpc) is 3.08. The van der Waals surface area contributed by atoms with Crippen LogP contribution in [0.2, 0.25) is 0 Å². The Morgan fingerprint density at radius 2 is 2.00 bits per heavy atom. The zero-order chi connectivity index (χ0) is 16.7. The lowest BCUT2D eigenvalue weighted by molar-refractivity contribution is 0.0827. The lowest BCUT2D eigenvalue weighted by Crippen LogP contribution is -2.39. The summed E-state index contributed by atoms with van der Waals surface area (Å²) in [7, 11) is 5.31. The summed E-state index contributed by atoms with van der Waals surface area (Å²) in [5.41, 5.74) is 1.83. The summed E-state index contributed by atoms with van der Waals surface area (Å²) in [4.78, 5) is 17.7. The van der Waals surface area contributed by atoms with Crippen LogP contribution in [-0.2, 0) is 6.54 Å². The van der Waals surface area contributed by atoms with E-state index in [1.165, 1.54) is 18.6 Å². The van der Waals surface area contributed by atoms with Crippen molar-refractivity contribution in [1.82, 2.24) is 15.5 Å². The lowest BCUT2D eigenvalue weighted by Gasteiger charge is -2.15. The number of amides is 1. The second-order valence-electron chi connectivity index (χ2n) is 5.84. The zero-order valence-electron chi connectivity index (χ0n) is 14.5. The molecule has 7 heteroatoms. The molecular formula is C17H27IN4OS. The molecule has 0 saturated carbocycles. The minimum absolute atomic E-state index is 0. The van der Waals surface area contributed by atoms with Gasteiger partial charge >= 0.3 is 0 Å². The van der Waals surface area contributed by atoms with E-state index >= 15 is 0 Å².